The van der Waals surface area contributed by atoms with Crippen LogP contribution in [0.4, 0.5) is 5.69 Å². The van der Waals surface area contributed by atoms with Crippen molar-refractivity contribution in [1.82, 2.24) is 9.78 Å². The van der Waals surface area contributed by atoms with E-state index in [4.69, 9.17) is 10.5 Å². The molecule has 0 saturated carbocycles. The second-order valence-electron chi connectivity index (χ2n) is 3.63. The molecule has 0 fully saturated rings. The van der Waals surface area contributed by atoms with E-state index in [1.54, 1.807) is 24.2 Å². The summed E-state index contributed by atoms with van der Waals surface area (Å²) < 4.78 is 6.79. The Morgan fingerprint density at radius 1 is 1.31 bits per heavy atom. The molecule has 1 aromatic carbocycles. The number of methoxy groups -OCH3 is 1. The van der Waals surface area contributed by atoms with Crippen LogP contribution < -0.4 is 5.73 Å². The first kappa shape index (κ1) is 10.7. The summed E-state index contributed by atoms with van der Waals surface area (Å²) in [5.74, 6) is 0. The maximum Gasteiger partial charge on any atom is 0.0724 e. The molecule has 0 saturated heterocycles. The van der Waals surface area contributed by atoms with E-state index in [9.17, 15) is 0 Å². The van der Waals surface area contributed by atoms with Gasteiger partial charge in [0.15, 0.2) is 0 Å². The zero-order valence-electron chi connectivity index (χ0n) is 9.26. The molecule has 0 aliphatic carbocycles. The molecule has 2 aromatic rings. The van der Waals surface area contributed by atoms with Crippen LogP contribution in [0.3, 0.4) is 0 Å². The van der Waals surface area contributed by atoms with Gasteiger partial charge in [-0.05, 0) is 24.1 Å². The second-order valence-corrected chi connectivity index (χ2v) is 3.63. The zero-order chi connectivity index (χ0) is 11.4. The zero-order valence-corrected chi connectivity index (χ0v) is 9.26. The van der Waals surface area contributed by atoms with Crippen molar-refractivity contribution in [2.75, 3.05) is 19.5 Å². The van der Waals surface area contributed by atoms with E-state index in [1.807, 2.05) is 12.1 Å². The summed E-state index contributed by atoms with van der Waals surface area (Å²) in [5.41, 5.74) is 8.55. The molecular weight excluding hydrogens is 202 g/mol. The lowest BCUT2D eigenvalue weighted by Crippen LogP contribution is -1.97. The van der Waals surface area contributed by atoms with Gasteiger partial charge in [-0.15, -0.1) is 0 Å². The summed E-state index contributed by atoms with van der Waals surface area (Å²) in [5, 5.41) is 4.14. The monoisotopic (exact) mass is 217 g/mol. The summed E-state index contributed by atoms with van der Waals surface area (Å²) in [6.07, 6.45) is 4.36. The number of hydrogen-bond acceptors (Lipinski definition) is 3. The SMILES string of the molecule is COCCc1ccc(-n2cc(N)cn2)cc1. The van der Waals surface area contributed by atoms with Gasteiger partial charge in [-0.2, -0.15) is 5.10 Å². The molecule has 0 radical (unpaired) electrons. The summed E-state index contributed by atoms with van der Waals surface area (Å²) in [6, 6.07) is 8.20. The Balaban J connectivity index is 2.13. The van der Waals surface area contributed by atoms with Gasteiger partial charge < -0.3 is 10.5 Å². The number of hydrogen-bond donors (Lipinski definition) is 1. The Morgan fingerprint density at radius 2 is 2.06 bits per heavy atom. The molecule has 2 N–H and O–H groups in total. The van der Waals surface area contributed by atoms with Crippen LogP contribution in [0.25, 0.3) is 5.69 Å². The minimum Gasteiger partial charge on any atom is -0.396 e. The molecule has 1 aromatic heterocycles. The summed E-state index contributed by atoms with van der Waals surface area (Å²) >= 11 is 0. The first-order valence-corrected chi connectivity index (χ1v) is 5.18. The van der Waals surface area contributed by atoms with Crippen LogP contribution >= 0.6 is 0 Å². The number of benzene rings is 1. The molecule has 0 unspecified atom stereocenters. The Kier molecular flexibility index (Phi) is 3.22. The number of nitrogens with two attached hydrogens (primary N) is 1. The smallest absolute Gasteiger partial charge is 0.0724 e. The summed E-state index contributed by atoms with van der Waals surface area (Å²) in [7, 11) is 1.71. The van der Waals surface area contributed by atoms with Crippen molar-refractivity contribution in [3.63, 3.8) is 0 Å². The Hall–Kier alpha value is -1.81. The molecule has 4 nitrogen and oxygen atoms in total. The van der Waals surface area contributed by atoms with Crippen LogP contribution in [0, 0.1) is 0 Å². The molecule has 4 heteroatoms. The lowest BCUT2D eigenvalue weighted by atomic mass is 10.1. The van der Waals surface area contributed by atoms with Crippen molar-refractivity contribution in [2.24, 2.45) is 0 Å². The largest absolute Gasteiger partial charge is 0.396 e. The molecule has 16 heavy (non-hydrogen) atoms. The number of nitrogen functional groups attached to an aromatic ring is 1. The normalized spacial score (nSPS) is 10.6. The number of nitrogens with zero attached hydrogens (tertiary/aromatic N) is 2. The van der Waals surface area contributed by atoms with Gasteiger partial charge in [0, 0.05) is 7.11 Å². The number of ether oxygens (including phenoxy) is 1. The van der Waals surface area contributed by atoms with Gasteiger partial charge in [0.05, 0.1) is 30.4 Å². The van der Waals surface area contributed by atoms with E-state index >= 15 is 0 Å². The minimum atomic E-state index is 0.670. The Bertz CT molecular complexity index is 448. The third kappa shape index (κ3) is 2.41. The van der Waals surface area contributed by atoms with Crippen LogP contribution in [0.15, 0.2) is 36.7 Å². The number of aromatic nitrogens is 2. The van der Waals surface area contributed by atoms with E-state index < -0.39 is 0 Å². The van der Waals surface area contributed by atoms with Crippen molar-refractivity contribution in [3.05, 3.63) is 42.2 Å². The van der Waals surface area contributed by atoms with Gasteiger partial charge in [0.2, 0.25) is 0 Å². The predicted molar refractivity (Wildman–Crippen MR) is 63.6 cm³/mol. The number of rotatable bonds is 4. The van der Waals surface area contributed by atoms with Gasteiger partial charge in [0.1, 0.15) is 0 Å². The van der Waals surface area contributed by atoms with Crippen molar-refractivity contribution in [1.29, 1.82) is 0 Å². The van der Waals surface area contributed by atoms with Gasteiger partial charge >= 0.3 is 0 Å². The molecule has 1 heterocycles. The van der Waals surface area contributed by atoms with Crippen LogP contribution in [0.5, 0.6) is 0 Å². The van der Waals surface area contributed by atoms with E-state index in [-0.39, 0.29) is 0 Å². The van der Waals surface area contributed by atoms with Crippen LogP contribution in [-0.4, -0.2) is 23.5 Å². The Labute approximate surface area is 94.6 Å². The highest BCUT2D eigenvalue weighted by Crippen LogP contribution is 2.11. The fourth-order valence-corrected chi connectivity index (χ4v) is 1.51. The fraction of sp³-hybridized carbons (Fsp3) is 0.250. The molecule has 0 bridgehead atoms. The standard InChI is InChI=1S/C12H15N3O/c1-16-7-6-10-2-4-12(5-3-10)15-9-11(13)8-14-15/h2-5,8-9H,6-7,13H2,1H3. The molecule has 0 amide bonds. The highest BCUT2D eigenvalue weighted by atomic mass is 16.5. The quantitative estimate of drug-likeness (QED) is 0.847. The van der Waals surface area contributed by atoms with Crippen LogP contribution in [0.2, 0.25) is 0 Å². The van der Waals surface area contributed by atoms with E-state index in [2.05, 4.69) is 17.2 Å². The predicted octanol–water partition coefficient (Wildman–Crippen LogP) is 1.64. The summed E-state index contributed by atoms with van der Waals surface area (Å²) in [6.45, 7) is 0.744. The van der Waals surface area contributed by atoms with Crippen molar-refractivity contribution < 1.29 is 4.74 Å². The molecule has 2 rings (SSSR count). The topological polar surface area (TPSA) is 53.1 Å². The lowest BCUT2D eigenvalue weighted by Gasteiger charge is -2.03. The molecule has 0 spiro atoms. The van der Waals surface area contributed by atoms with Crippen LogP contribution in [0.1, 0.15) is 5.56 Å². The van der Waals surface area contributed by atoms with E-state index in [0.29, 0.717) is 5.69 Å². The third-order valence-corrected chi connectivity index (χ3v) is 2.40. The maximum atomic E-state index is 5.61. The molecule has 0 aliphatic heterocycles. The van der Waals surface area contributed by atoms with Gasteiger partial charge in [-0.25, -0.2) is 4.68 Å². The maximum absolute atomic E-state index is 5.61. The second kappa shape index (κ2) is 4.81. The van der Waals surface area contributed by atoms with Crippen molar-refractivity contribution in [2.45, 2.75) is 6.42 Å². The third-order valence-electron chi connectivity index (χ3n) is 2.40. The summed E-state index contributed by atoms with van der Waals surface area (Å²) in [4.78, 5) is 0. The average Bonchev–Trinajstić information content (AvgIpc) is 2.74. The fourth-order valence-electron chi connectivity index (χ4n) is 1.51. The highest BCUT2D eigenvalue weighted by Gasteiger charge is 1.98. The van der Waals surface area contributed by atoms with Gasteiger partial charge in [-0.3, -0.25) is 0 Å². The minimum absolute atomic E-state index is 0.670. The molecule has 84 valence electrons. The Morgan fingerprint density at radius 3 is 2.62 bits per heavy atom. The molecular formula is C12H15N3O. The van der Waals surface area contributed by atoms with Crippen LogP contribution in [-0.2, 0) is 11.2 Å². The van der Waals surface area contributed by atoms with Gasteiger partial charge in [0.25, 0.3) is 0 Å². The first-order chi connectivity index (χ1) is 7.79. The lowest BCUT2D eigenvalue weighted by molar-refractivity contribution is 0.202. The van der Waals surface area contributed by atoms with E-state index in [0.717, 1.165) is 18.7 Å². The first-order valence-electron chi connectivity index (χ1n) is 5.18. The van der Waals surface area contributed by atoms with Crippen molar-refractivity contribution in [3.8, 4) is 5.69 Å². The van der Waals surface area contributed by atoms with E-state index in [1.165, 1.54) is 5.56 Å². The average molecular weight is 217 g/mol. The number of anilines is 1. The van der Waals surface area contributed by atoms with Crippen molar-refractivity contribution >= 4 is 5.69 Å². The molecule has 0 aliphatic rings. The molecule has 0 atom stereocenters. The van der Waals surface area contributed by atoms with Gasteiger partial charge in [-0.1, -0.05) is 12.1 Å². The highest BCUT2D eigenvalue weighted by molar-refractivity contribution is 5.39.